The van der Waals surface area contributed by atoms with Gasteiger partial charge in [0.2, 0.25) is 0 Å². The van der Waals surface area contributed by atoms with Gasteiger partial charge in [-0.2, -0.15) is 0 Å². The molecule has 1 amide bonds. The quantitative estimate of drug-likeness (QED) is 0.159. The predicted molar refractivity (Wildman–Crippen MR) is 232 cm³/mol. The zero-order chi connectivity index (χ0) is 38.9. The van der Waals surface area contributed by atoms with Crippen LogP contribution < -0.4 is 15.3 Å². The van der Waals surface area contributed by atoms with Crippen LogP contribution in [0.15, 0.2) is 140 Å². The Hall–Kier alpha value is -6.58. The van der Waals surface area contributed by atoms with Gasteiger partial charge in [-0.3, -0.25) is 4.79 Å². The molecule has 0 saturated heterocycles. The van der Waals surface area contributed by atoms with Crippen molar-refractivity contribution in [1.29, 1.82) is 0 Å². The summed E-state index contributed by atoms with van der Waals surface area (Å²) in [6.45, 7) is 3.79. The van der Waals surface area contributed by atoms with Crippen molar-refractivity contribution in [2.24, 2.45) is 5.92 Å². The zero-order valence-electron chi connectivity index (χ0n) is 31.9. The number of fused-ring (bicyclic) bond motifs is 8. The smallest absolute Gasteiger partial charge is 0.657 e. The number of nitrogens with one attached hydrogen (secondary N) is 1. The molecule has 7 nitrogen and oxygen atoms in total. The molecule has 2 aliphatic heterocycles. The Bertz CT molecular complexity index is 2820. The fourth-order valence-electron chi connectivity index (χ4n) is 7.63. The number of hydrogen-bond donors (Lipinski definition) is 2. The number of hydrogen-bond acceptors (Lipinski definition) is 4. The Morgan fingerprint density at radius 3 is 1.29 bits per heavy atom. The first-order valence-corrected chi connectivity index (χ1v) is 19.2. The number of carbonyl (C=O) groups is 1. The molecule has 0 saturated carbocycles. The van der Waals surface area contributed by atoms with Crippen LogP contribution in [0.3, 0.4) is 0 Å². The monoisotopic (exact) mass is 800 g/mol. The Morgan fingerprint density at radius 2 is 0.897 bits per heavy atom. The summed E-state index contributed by atoms with van der Waals surface area (Å²) in [4.78, 5) is 35.4. The van der Waals surface area contributed by atoms with Crippen molar-refractivity contribution >= 4 is 52.3 Å². The molecule has 0 aliphatic carbocycles. The fourth-order valence-corrected chi connectivity index (χ4v) is 7.63. The van der Waals surface area contributed by atoms with Crippen LogP contribution in [-0.2, 0) is 16.8 Å². The molecule has 7 aromatic rings. The predicted octanol–water partition coefficient (Wildman–Crippen LogP) is 10.3. The summed E-state index contributed by atoms with van der Waals surface area (Å²) in [5.74, 6) is -0.243. The number of benzene rings is 4. The van der Waals surface area contributed by atoms with Gasteiger partial charge in [0.05, 0.1) is 35.4 Å². The van der Waals surface area contributed by atoms with E-state index in [9.17, 15) is 9.90 Å². The topological polar surface area (TPSA) is 103 Å². The second kappa shape index (κ2) is 16.5. The van der Waals surface area contributed by atoms with Gasteiger partial charge in [0.25, 0.3) is 5.91 Å². The first-order chi connectivity index (χ1) is 28.0. The third-order valence-corrected chi connectivity index (χ3v) is 10.6. The summed E-state index contributed by atoms with van der Waals surface area (Å²) in [5.41, 5.74) is 13.5. The summed E-state index contributed by atoms with van der Waals surface area (Å²) >= 11 is 0. The molecule has 58 heavy (non-hydrogen) atoms. The van der Waals surface area contributed by atoms with Gasteiger partial charge in [-0.05, 0) is 80.8 Å². The van der Waals surface area contributed by atoms with Crippen molar-refractivity contribution in [1.82, 2.24) is 25.3 Å². The van der Waals surface area contributed by atoms with Crippen molar-refractivity contribution in [3.63, 3.8) is 0 Å². The number of carbonyl (C=O) groups excluding carboxylic acids is 1. The Labute approximate surface area is 347 Å². The summed E-state index contributed by atoms with van der Waals surface area (Å²) in [7, 11) is 0. The van der Waals surface area contributed by atoms with E-state index in [0.29, 0.717) is 27.9 Å². The molecule has 2 N–H and O–H groups in total. The van der Waals surface area contributed by atoms with E-state index in [0.717, 1.165) is 67.0 Å². The fraction of sp³-hybridized carbons (Fsp3) is 0.100. The molecule has 8 heteroatoms. The number of rotatable bonds is 8. The van der Waals surface area contributed by atoms with E-state index in [4.69, 9.17) is 19.9 Å². The number of aromatic nitrogens is 4. The molecule has 0 unspecified atom stereocenters. The van der Waals surface area contributed by atoms with Crippen LogP contribution in [0.1, 0.15) is 47.0 Å². The number of nitrogens with zero attached hydrogens (tertiary/aromatic N) is 4. The second-order valence-electron chi connectivity index (χ2n) is 14.5. The van der Waals surface area contributed by atoms with Crippen molar-refractivity contribution < 1.29 is 26.7 Å². The van der Waals surface area contributed by atoms with E-state index in [1.165, 1.54) is 0 Å². The molecule has 4 aromatic carbocycles. The van der Waals surface area contributed by atoms with E-state index < -0.39 is 6.04 Å². The van der Waals surface area contributed by atoms with Gasteiger partial charge in [0.1, 0.15) is 0 Å². The Kier molecular flexibility index (Phi) is 10.9. The van der Waals surface area contributed by atoms with E-state index >= 15 is 0 Å². The van der Waals surface area contributed by atoms with Gasteiger partial charge in [0, 0.05) is 5.56 Å². The first-order valence-electron chi connectivity index (χ1n) is 19.2. The normalized spacial score (nSPS) is 12.3. The Morgan fingerprint density at radius 1 is 0.534 bits per heavy atom. The molecule has 0 spiro atoms. The molecule has 285 valence electrons. The zero-order valence-corrected chi connectivity index (χ0v) is 33.0. The SMILES string of the molecule is CC(C)[C@@H](CO)NC(=O)c1ccccc1-c1c2nc(c(-c3ccccc3)c3ccc([n-]3)c(-c3ccccc3)c3nc(c(-c4ccccc4)c4ccc1[n-]4)C=C3)C=C2.[Co+2]. The molecule has 8 bridgehead atoms. The van der Waals surface area contributed by atoms with Crippen molar-refractivity contribution in [2.75, 3.05) is 6.61 Å². The minimum atomic E-state index is -0.408. The average molecular weight is 801 g/mol. The molecule has 9 rings (SSSR count). The molecular weight excluding hydrogens is 762 g/mol. The summed E-state index contributed by atoms with van der Waals surface area (Å²) in [6.07, 6.45) is 8.13. The number of amides is 1. The minimum absolute atomic E-state index is 0. The van der Waals surface area contributed by atoms with Crippen LogP contribution in [0.4, 0.5) is 0 Å². The third-order valence-electron chi connectivity index (χ3n) is 10.6. The van der Waals surface area contributed by atoms with Gasteiger partial charge in [-0.15, -0.1) is 22.1 Å². The van der Waals surface area contributed by atoms with Crippen LogP contribution in [0.25, 0.3) is 90.9 Å². The van der Waals surface area contributed by atoms with E-state index in [1.807, 2.05) is 117 Å². The molecule has 0 fully saturated rings. The van der Waals surface area contributed by atoms with E-state index in [1.54, 1.807) is 0 Å². The molecule has 3 aromatic heterocycles. The molecule has 2 aliphatic rings. The third kappa shape index (κ3) is 7.25. The number of aliphatic hydroxyl groups is 1. The van der Waals surface area contributed by atoms with Crippen LogP contribution in [0, 0.1) is 5.92 Å². The number of aliphatic hydroxyl groups excluding tert-OH is 1. The summed E-state index contributed by atoms with van der Waals surface area (Å²) in [5, 5.41) is 13.2. The van der Waals surface area contributed by atoms with Gasteiger partial charge in [-0.1, -0.05) is 147 Å². The van der Waals surface area contributed by atoms with Crippen molar-refractivity contribution in [2.45, 2.75) is 19.9 Å². The maximum atomic E-state index is 14.1. The largest absolute Gasteiger partial charge is 2.00 e. The molecule has 5 heterocycles. The van der Waals surface area contributed by atoms with Crippen molar-refractivity contribution in [3.05, 3.63) is 168 Å². The molecular formula is C50H39CoN5O2. The summed E-state index contributed by atoms with van der Waals surface area (Å²) < 4.78 is 0. The average Bonchev–Trinajstić information content (AvgIpc) is 4.09. The van der Waals surface area contributed by atoms with E-state index in [2.05, 4.69) is 66.0 Å². The maximum Gasteiger partial charge on any atom is 2.00 e. The van der Waals surface area contributed by atoms with Gasteiger partial charge in [-0.25, -0.2) is 9.97 Å². The van der Waals surface area contributed by atoms with Gasteiger partial charge >= 0.3 is 16.8 Å². The molecule has 1 atom stereocenters. The maximum absolute atomic E-state index is 14.1. The van der Waals surface area contributed by atoms with Crippen LogP contribution >= 0.6 is 0 Å². The van der Waals surface area contributed by atoms with Crippen molar-refractivity contribution in [3.8, 4) is 44.5 Å². The molecule has 1 radical (unpaired) electrons. The Balaban J connectivity index is 0.00000469. The first kappa shape index (κ1) is 38.3. The van der Waals surface area contributed by atoms with E-state index in [-0.39, 0.29) is 35.2 Å². The standard InChI is InChI=1S/C50H40N5O2.Co/c1-31(2)45(30-56)55-50(57)36-21-13-12-20-35(36)49-43-28-26-41(53-43)47(33-16-8-4-9-17-33)39-24-22-37(51-39)46(32-14-6-3-7-15-32)38-23-25-40(52-38)48(34-18-10-5-11-19-34)42-27-29-44(49)54-42;/h3-29,31,45,56H,30H2,1-2H3,(H2-,51,52,53,54,55,57);/q-1;+2/p-1/t45-;/m1./s1. The minimum Gasteiger partial charge on any atom is -0.657 e. The second-order valence-corrected chi connectivity index (χ2v) is 14.5. The van der Waals surface area contributed by atoms with Crippen LogP contribution in [0.2, 0.25) is 0 Å². The van der Waals surface area contributed by atoms with Gasteiger partial charge in [0.15, 0.2) is 0 Å². The van der Waals surface area contributed by atoms with Crippen LogP contribution in [-0.4, -0.2) is 33.6 Å². The van der Waals surface area contributed by atoms with Crippen LogP contribution in [0.5, 0.6) is 0 Å². The summed E-state index contributed by atoms with van der Waals surface area (Å²) in [6, 6.07) is 45.9. The van der Waals surface area contributed by atoms with Gasteiger partial charge < -0.3 is 20.4 Å².